The molecule has 1 saturated heterocycles. The normalized spacial score (nSPS) is 13.8. The van der Waals surface area contributed by atoms with Crippen LogP contribution in [0.2, 0.25) is 0 Å². The van der Waals surface area contributed by atoms with E-state index in [4.69, 9.17) is 5.73 Å². The zero-order valence-corrected chi connectivity index (χ0v) is 16.8. The number of para-hydroxylation sites is 1. The number of carbonyl (C=O) groups is 2. The summed E-state index contributed by atoms with van der Waals surface area (Å²) in [4.78, 5) is 28.4. The first-order valence-corrected chi connectivity index (χ1v) is 10.0. The van der Waals surface area contributed by atoms with Crippen LogP contribution in [0.4, 0.5) is 11.4 Å². The van der Waals surface area contributed by atoms with E-state index in [0.29, 0.717) is 16.9 Å². The van der Waals surface area contributed by atoms with E-state index in [-0.39, 0.29) is 11.6 Å². The van der Waals surface area contributed by atoms with E-state index >= 15 is 0 Å². The van der Waals surface area contributed by atoms with E-state index in [1.807, 2.05) is 36.4 Å². The molecule has 0 spiro atoms. The Balaban J connectivity index is 1.64. The topological polar surface area (TPSA) is 106 Å². The maximum absolute atomic E-state index is 13.0. The summed E-state index contributed by atoms with van der Waals surface area (Å²) in [6.07, 6.45) is 3.38. The van der Waals surface area contributed by atoms with Crippen LogP contribution in [0.3, 0.4) is 0 Å². The zero-order chi connectivity index (χ0) is 21.1. The number of anilines is 2. The number of carbonyl (C=O) groups excluding carboxylic acids is 2. The number of amides is 2. The number of aromatic nitrogens is 3. The highest BCUT2D eigenvalue weighted by Gasteiger charge is 2.21. The second-order valence-electron chi connectivity index (χ2n) is 7.36. The molecule has 0 atom stereocenters. The van der Waals surface area contributed by atoms with Crippen molar-refractivity contribution < 1.29 is 9.59 Å². The van der Waals surface area contributed by atoms with Gasteiger partial charge in [0.05, 0.1) is 22.8 Å². The minimum Gasteiger partial charge on any atom is -0.370 e. The van der Waals surface area contributed by atoms with Crippen LogP contribution in [0.5, 0.6) is 0 Å². The number of benzene rings is 2. The van der Waals surface area contributed by atoms with E-state index < -0.39 is 5.91 Å². The van der Waals surface area contributed by atoms with Gasteiger partial charge in [-0.2, -0.15) is 9.90 Å². The molecule has 3 aromatic rings. The molecule has 8 heteroatoms. The molecule has 4 rings (SSSR count). The molecule has 3 N–H and O–H groups in total. The summed E-state index contributed by atoms with van der Waals surface area (Å²) < 4.78 is 0. The van der Waals surface area contributed by atoms with E-state index in [9.17, 15) is 9.59 Å². The maximum Gasteiger partial charge on any atom is 0.278 e. The number of hydrogen-bond acceptors (Lipinski definition) is 5. The van der Waals surface area contributed by atoms with Crippen molar-refractivity contribution in [2.45, 2.75) is 26.2 Å². The number of hydrogen-bond donors (Lipinski definition) is 2. The molecular weight excluding hydrogens is 380 g/mol. The fourth-order valence-electron chi connectivity index (χ4n) is 3.65. The molecule has 1 aliphatic rings. The molecule has 0 unspecified atom stereocenters. The summed E-state index contributed by atoms with van der Waals surface area (Å²) in [5, 5.41) is 11.6. The highest BCUT2D eigenvalue weighted by Crippen LogP contribution is 2.30. The molecule has 1 fully saturated rings. The summed E-state index contributed by atoms with van der Waals surface area (Å²) in [5.74, 6) is -0.920. The Hall–Kier alpha value is -3.68. The number of nitrogens with one attached hydrogen (secondary N) is 1. The predicted molar refractivity (Wildman–Crippen MR) is 115 cm³/mol. The summed E-state index contributed by atoms with van der Waals surface area (Å²) >= 11 is 0. The fraction of sp³-hybridized carbons (Fsp3) is 0.273. The van der Waals surface area contributed by atoms with Crippen molar-refractivity contribution in [2.75, 3.05) is 23.3 Å². The van der Waals surface area contributed by atoms with Crippen molar-refractivity contribution in [2.24, 2.45) is 5.73 Å². The minimum absolute atomic E-state index is 0.230. The average Bonchev–Trinajstić information content (AvgIpc) is 3.16. The van der Waals surface area contributed by atoms with Gasteiger partial charge in [-0.3, -0.25) is 9.59 Å². The lowest BCUT2D eigenvalue weighted by Crippen LogP contribution is -2.30. The van der Waals surface area contributed by atoms with Gasteiger partial charge in [0.1, 0.15) is 0 Å². The Morgan fingerprint density at radius 1 is 1.00 bits per heavy atom. The molecular formula is C22H24N6O2. The standard InChI is InChI=1S/C22H24N6O2/c1-15-20(26-28(25-15)17-8-4-2-5-9-17)22(30)24-18-14-16(21(23)29)10-11-19(18)27-12-6-3-7-13-27/h2,4-5,8-11,14H,3,6-7,12-13H2,1H3,(H2,23,29)(H,24,30). The van der Waals surface area contributed by atoms with E-state index in [2.05, 4.69) is 20.4 Å². The first-order chi connectivity index (χ1) is 14.5. The third-order valence-corrected chi connectivity index (χ3v) is 5.21. The second-order valence-corrected chi connectivity index (χ2v) is 7.36. The summed E-state index contributed by atoms with van der Waals surface area (Å²) in [5.41, 5.74) is 8.73. The monoisotopic (exact) mass is 404 g/mol. The third kappa shape index (κ3) is 4.03. The number of aryl methyl sites for hydroxylation is 1. The van der Waals surface area contributed by atoms with Crippen molar-refractivity contribution in [3.8, 4) is 5.69 Å². The van der Waals surface area contributed by atoms with Crippen LogP contribution in [-0.4, -0.2) is 39.9 Å². The Morgan fingerprint density at radius 3 is 2.43 bits per heavy atom. The lowest BCUT2D eigenvalue weighted by atomic mass is 10.1. The van der Waals surface area contributed by atoms with E-state index in [1.54, 1.807) is 19.1 Å². The van der Waals surface area contributed by atoms with Crippen molar-refractivity contribution >= 4 is 23.2 Å². The highest BCUT2D eigenvalue weighted by molar-refractivity contribution is 6.06. The van der Waals surface area contributed by atoms with Crippen LogP contribution < -0.4 is 16.0 Å². The molecule has 30 heavy (non-hydrogen) atoms. The van der Waals surface area contributed by atoms with Crippen molar-refractivity contribution in [1.29, 1.82) is 0 Å². The van der Waals surface area contributed by atoms with Gasteiger partial charge in [-0.05, 0) is 56.5 Å². The number of primary amides is 1. The molecule has 1 aromatic heterocycles. The Labute approximate surface area is 174 Å². The van der Waals surface area contributed by atoms with Gasteiger partial charge >= 0.3 is 0 Å². The van der Waals surface area contributed by atoms with Crippen molar-refractivity contribution in [1.82, 2.24) is 15.0 Å². The lowest BCUT2D eigenvalue weighted by Gasteiger charge is -2.30. The Morgan fingerprint density at radius 2 is 1.73 bits per heavy atom. The van der Waals surface area contributed by atoms with Crippen LogP contribution in [0.15, 0.2) is 48.5 Å². The summed E-state index contributed by atoms with van der Waals surface area (Å²) in [6.45, 7) is 3.55. The van der Waals surface area contributed by atoms with Crippen LogP contribution >= 0.6 is 0 Å². The average molecular weight is 404 g/mol. The first-order valence-electron chi connectivity index (χ1n) is 10.0. The van der Waals surface area contributed by atoms with Gasteiger partial charge in [-0.15, -0.1) is 5.10 Å². The van der Waals surface area contributed by atoms with Crippen LogP contribution in [0.1, 0.15) is 45.8 Å². The molecule has 0 aliphatic carbocycles. The van der Waals surface area contributed by atoms with Gasteiger partial charge in [0.2, 0.25) is 5.91 Å². The van der Waals surface area contributed by atoms with Gasteiger partial charge in [0, 0.05) is 18.7 Å². The Kier molecular flexibility index (Phi) is 5.47. The second kappa shape index (κ2) is 8.36. The first kappa shape index (κ1) is 19.6. The molecule has 1 aliphatic heterocycles. The molecule has 2 aromatic carbocycles. The van der Waals surface area contributed by atoms with Crippen LogP contribution in [0, 0.1) is 6.92 Å². The quantitative estimate of drug-likeness (QED) is 0.680. The zero-order valence-electron chi connectivity index (χ0n) is 16.8. The molecule has 0 radical (unpaired) electrons. The van der Waals surface area contributed by atoms with Crippen molar-refractivity contribution in [3.63, 3.8) is 0 Å². The number of rotatable bonds is 5. The van der Waals surface area contributed by atoms with Gasteiger partial charge in [0.15, 0.2) is 5.69 Å². The summed E-state index contributed by atoms with van der Waals surface area (Å²) in [6, 6.07) is 14.6. The Bertz CT molecular complexity index is 1070. The predicted octanol–water partition coefficient (Wildman–Crippen LogP) is 2.92. The minimum atomic E-state index is -0.540. The van der Waals surface area contributed by atoms with E-state index in [1.165, 1.54) is 11.2 Å². The molecule has 0 bridgehead atoms. The van der Waals surface area contributed by atoms with Crippen molar-refractivity contribution in [3.05, 3.63) is 65.5 Å². The van der Waals surface area contributed by atoms with Gasteiger partial charge in [-0.25, -0.2) is 0 Å². The van der Waals surface area contributed by atoms with Gasteiger partial charge in [0.25, 0.3) is 5.91 Å². The molecule has 154 valence electrons. The lowest BCUT2D eigenvalue weighted by molar-refractivity contribution is 0.0995. The number of nitrogens with zero attached hydrogens (tertiary/aromatic N) is 4. The smallest absolute Gasteiger partial charge is 0.278 e. The van der Waals surface area contributed by atoms with Gasteiger partial charge < -0.3 is 16.0 Å². The molecule has 8 nitrogen and oxygen atoms in total. The van der Waals surface area contributed by atoms with Crippen LogP contribution in [0.25, 0.3) is 5.69 Å². The number of nitrogens with two attached hydrogens (primary N) is 1. The highest BCUT2D eigenvalue weighted by atomic mass is 16.2. The van der Waals surface area contributed by atoms with Gasteiger partial charge in [-0.1, -0.05) is 18.2 Å². The SMILES string of the molecule is Cc1nn(-c2ccccc2)nc1C(=O)Nc1cc(C(N)=O)ccc1N1CCCCC1. The van der Waals surface area contributed by atoms with E-state index in [0.717, 1.165) is 37.3 Å². The van der Waals surface area contributed by atoms with Crippen LogP contribution in [-0.2, 0) is 0 Å². The molecule has 2 amide bonds. The fourth-order valence-corrected chi connectivity index (χ4v) is 3.65. The summed E-state index contributed by atoms with van der Waals surface area (Å²) in [7, 11) is 0. The maximum atomic E-state index is 13.0. The number of piperidine rings is 1. The molecule has 2 heterocycles. The third-order valence-electron chi connectivity index (χ3n) is 5.21. The molecule has 0 saturated carbocycles. The largest absolute Gasteiger partial charge is 0.370 e.